The summed E-state index contributed by atoms with van der Waals surface area (Å²) in [6, 6.07) is 26.2. The molecule has 0 aliphatic rings. The first-order valence-corrected chi connectivity index (χ1v) is 7.67. The Morgan fingerprint density at radius 2 is 1.46 bits per heavy atom. The van der Waals surface area contributed by atoms with E-state index < -0.39 is 0 Å². The van der Waals surface area contributed by atoms with Crippen LogP contribution in [-0.2, 0) is 0 Å². The highest BCUT2D eigenvalue weighted by Crippen LogP contribution is 2.33. The number of rotatable bonds is 2. The predicted molar refractivity (Wildman–Crippen MR) is 95.1 cm³/mol. The average Bonchev–Trinajstić information content (AvgIpc) is 2.68. The molecule has 2 aromatic heterocycles. The standard InChI is InChI=1S/C21H13N3/c22-14-20-18-13-17(15-7-3-1-4-8-15)21(16-9-5-2-6-10-16)24-19(18)11-12-23-20/h1-13H. The molecule has 2 heterocycles. The summed E-state index contributed by atoms with van der Waals surface area (Å²) in [5.41, 5.74) is 5.20. The molecule has 0 atom stereocenters. The van der Waals surface area contributed by atoms with Gasteiger partial charge in [0.25, 0.3) is 0 Å². The minimum Gasteiger partial charge on any atom is -0.247 e. The van der Waals surface area contributed by atoms with E-state index in [2.05, 4.69) is 23.2 Å². The summed E-state index contributed by atoms with van der Waals surface area (Å²) in [6.45, 7) is 0. The number of nitrogens with zero attached hydrogens (tertiary/aromatic N) is 3. The van der Waals surface area contributed by atoms with Crippen molar-refractivity contribution in [2.75, 3.05) is 0 Å². The molecule has 0 aliphatic carbocycles. The van der Waals surface area contributed by atoms with Crippen LogP contribution in [0.1, 0.15) is 5.69 Å². The molecule has 0 radical (unpaired) electrons. The Balaban J connectivity index is 2.08. The summed E-state index contributed by atoms with van der Waals surface area (Å²) in [5.74, 6) is 0. The number of hydrogen-bond acceptors (Lipinski definition) is 3. The van der Waals surface area contributed by atoms with Crippen molar-refractivity contribution in [3.8, 4) is 28.5 Å². The third-order valence-electron chi connectivity index (χ3n) is 3.98. The summed E-state index contributed by atoms with van der Waals surface area (Å²) in [6.07, 6.45) is 1.63. The highest BCUT2D eigenvalue weighted by atomic mass is 14.7. The largest absolute Gasteiger partial charge is 0.247 e. The number of nitriles is 1. The SMILES string of the molecule is N#Cc1nccc2nc(-c3ccccc3)c(-c3ccccc3)cc12. The molecule has 0 unspecified atom stereocenters. The van der Waals surface area contributed by atoms with Crippen LogP contribution in [0.15, 0.2) is 79.0 Å². The number of pyridine rings is 2. The molecule has 0 bridgehead atoms. The van der Waals surface area contributed by atoms with Crippen molar-refractivity contribution < 1.29 is 0 Å². The van der Waals surface area contributed by atoms with Crippen LogP contribution in [0.2, 0.25) is 0 Å². The van der Waals surface area contributed by atoms with Gasteiger partial charge in [-0.25, -0.2) is 9.97 Å². The summed E-state index contributed by atoms with van der Waals surface area (Å²) in [5, 5.41) is 10.1. The maximum atomic E-state index is 9.34. The third kappa shape index (κ3) is 2.41. The molecule has 4 aromatic rings. The number of fused-ring (bicyclic) bond motifs is 1. The second-order valence-corrected chi connectivity index (χ2v) is 5.45. The van der Waals surface area contributed by atoms with E-state index in [0.29, 0.717) is 5.69 Å². The normalized spacial score (nSPS) is 10.5. The van der Waals surface area contributed by atoms with E-state index in [1.807, 2.05) is 60.7 Å². The lowest BCUT2D eigenvalue weighted by Crippen LogP contribution is -1.94. The molecule has 4 rings (SSSR count). The number of benzene rings is 2. The van der Waals surface area contributed by atoms with Crippen molar-refractivity contribution in [3.05, 3.63) is 84.7 Å². The van der Waals surface area contributed by atoms with Crippen molar-refractivity contribution >= 4 is 10.9 Å². The van der Waals surface area contributed by atoms with Crippen molar-refractivity contribution in [3.63, 3.8) is 0 Å². The monoisotopic (exact) mass is 307 g/mol. The van der Waals surface area contributed by atoms with Gasteiger partial charge in [0.2, 0.25) is 0 Å². The lowest BCUT2D eigenvalue weighted by atomic mass is 9.97. The molecular weight excluding hydrogens is 294 g/mol. The van der Waals surface area contributed by atoms with Gasteiger partial charge in [0.15, 0.2) is 0 Å². The zero-order valence-electron chi connectivity index (χ0n) is 12.8. The predicted octanol–water partition coefficient (Wildman–Crippen LogP) is 4.84. The van der Waals surface area contributed by atoms with Gasteiger partial charge in [0.1, 0.15) is 11.8 Å². The molecule has 0 aliphatic heterocycles. The van der Waals surface area contributed by atoms with E-state index >= 15 is 0 Å². The van der Waals surface area contributed by atoms with Gasteiger partial charge in [-0.05, 0) is 17.7 Å². The maximum absolute atomic E-state index is 9.34. The van der Waals surface area contributed by atoms with Crippen LogP contribution in [0.4, 0.5) is 0 Å². The molecular formula is C21H13N3. The molecule has 3 heteroatoms. The van der Waals surface area contributed by atoms with Crippen LogP contribution in [0, 0.1) is 11.3 Å². The summed E-state index contributed by atoms with van der Waals surface area (Å²) >= 11 is 0. The Morgan fingerprint density at radius 1 is 0.792 bits per heavy atom. The molecule has 0 fully saturated rings. The van der Waals surface area contributed by atoms with Crippen LogP contribution >= 0.6 is 0 Å². The van der Waals surface area contributed by atoms with Gasteiger partial charge in [-0.1, -0.05) is 60.7 Å². The summed E-state index contributed by atoms with van der Waals surface area (Å²) < 4.78 is 0. The second-order valence-electron chi connectivity index (χ2n) is 5.45. The molecule has 0 saturated heterocycles. The Hall–Kier alpha value is -3.51. The van der Waals surface area contributed by atoms with E-state index in [0.717, 1.165) is 33.3 Å². The first kappa shape index (κ1) is 14.1. The highest BCUT2D eigenvalue weighted by molar-refractivity contribution is 5.93. The highest BCUT2D eigenvalue weighted by Gasteiger charge is 2.13. The number of aromatic nitrogens is 2. The summed E-state index contributed by atoms with van der Waals surface area (Å²) in [4.78, 5) is 9.00. The first-order chi connectivity index (χ1) is 11.9. The van der Waals surface area contributed by atoms with Gasteiger partial charge < -0.3 is 0 Å². The maximum Gasteiger partial charge on any atom is 0.149 e. The van der Waals surface area contributed by atoms with Crippen molar-refractivity contribution in [1.82, 2.24) is 9.97 Å². The van der Waals surface area contributed by atoms with Gasteiger partial charge >= 0.3 is 0 Å². The first-order valence-electron chi connectivity index (χ1n) is 7.67. The molecule has 0 saturated carbocycles. The fourth-order valence-corrected chi connectivity index (χ4v) is 2.84. The molecule has 0 amide bonds. The van der Waals surface area contributed by atoms with Gasteiger partial charge in [-0.15, -0.1) is 0 Å². The van der Waals surface area contributed by atoms with Crippen LogP contribution in [0.5, 0.6) is 0 Å². The van der Waals surface area contributed by atoms with Crippen molar-refractivity contribution in [2.24, 2.45) is 0 Å². The zero-order valence-corrected chi connectivity index (χ0v) is 12.8. The quantitative estimate of drug-likeness (QED) is 0.532. The van der Waals surface area contributed by atoms with E-state index in [1.54, 1.807) is 6.20 Å². The second kappa shape index (κ2) is 5.94. The molecule has 112 valence electrons. The van der Waals surface area contributed by atoms with Gasteiger partial charge in [0.05, 0.1) is 11.2 Å². The molecule has 0 spiro atoms. The van der Waals surface area contributed by atoms with Gasteiger partial charge in [-0.2, -0.15) is 5.26 Å². The Bertz CT molecular complexity index is 1050. The van der Waals surface area contributed by atoms with E-state index in [-0.39, 0.29) is 0 Å². The Kier molecular flexibility index (Phi) is 3.49. The average molecular weight is 307 g/mol. The van der Waals surface area contributed by atoms with Gasteiger partial charge in [-0.3, -0.25) is 0 Å². The van der Waals surface area contributed by atoms with Crippen LogP contribution in [0.3, 0.4) is 0 Å². The Labute approximate surface area is 139 Å². The minimum atomic E-state index is 0.400. The molecule has 3 nitrogen and oxygen atoms in total. The van der Waals surface area contributed by atoms with Crippen molar-refractivity contribution in [1.29, 1.82) is 5.26 Å². The zero-order chi connectivity index (χ0) is 16.4. The lowest BCUT2D eigenvalue weighted by Gasteiger charge is -2.12. The van der Waals surface area contributed by atoms with Crippen LogP contribution in [0.25, 0.3) is 33.3 Å². The summed E-state index contributed by atoms with van der Waals surface area (Å²) in [7, 11) is 0. The number of hydrogen-bond donors (Lipinski definition) is 0. The fraction of sp³-hybridized carbons (Fsp3) is 0. The van der Waals surface area contributed by atoms with Crippen LogP contribution in [-0.4, -0.2) is 9.97 Å². The lowest BCUT2D eigenvalue weighted by molar-refractivity contribution is 1.27. The van der Waals surface area contributed by atoms with E-state index in [9.17, 15) is 5.26 Å². The van der Waals surface area contributed by atoms with Gasteiger partial charge in [0, 0.05) is 22.7 Å². The smallest absolute Gasteiger partial charge is 0.149 e. The van der Waals surface area contributed by atoms with Crippen LogP contribution < -0.4 is 0 Å². The minimum absolute atomic E-state index is 0.400. The molecule has 2 aromatic carbocycles. The van der Waals surface area contributed by atoms with Crippen molar-refractivity contribution in [2.45, 2.75) is 0 Å². The fourth-order valence-electron chi connectivity index (χ4n) is 2.84. The van der Waals surface area contributed by atoms with E-state index in [1.165, 1.54) is 0 Å². The van der Waals surface area contributed by atoms with E-state index in [4.69, 9.17) is 4.98 Å². The molecule has 0 N–H and O–H groups in total. The topological polar surface area (TPSA) is 49.6 Å². The molecule has 24 heavy (non-hydrogen) atoms. The third-order valence-corrected chi connectivity index (χ3v) is 3.98. The Morgan fingerprint density at radius 3 is 2.12 bits per heavy atom.